The average molecular weight is 913 g/mol. The van der Waals surface area contributed by atoms with Crippen molar-refractivity contribution in [1.82, 2.24) is 0 Å². The van der Waals surface area contributed by atoms with Crippen molar-refractivity contribution in [2.24, 2.45) is 0 Å². The summed E-state index contributed by atoms with van der Waals surface area (Å²) in [5.41, 5.74) is 0. The standard InChI is InChI=1S/C60H96O6/c1-4-7-10-13-16-19-22-25-28-29-30-31-33-35-38-41-44-47-50-53-59(62)65-56-57(55-64-58(61)52-49-46-43-40-37-34-27-24-21-18-15-12-9-6-3)66-60(63)54-51-48-45-42-39-36-32-26-23-20-17-14-11-8-5-2/h7-8,10-11,15-20,24-28,30-32,35,38,57H,4-6,9,12-14,21-23,29,33-34,36-37,39-56H2,1-3H3/b10-7-,11-8-,18-15-,19-16-,20-17-,27-24-,28-25-,31-30-,32-26-,38-35-. The lowest BCUT2D eigenvalue weighted by Crippen LogP contribution is -2.30. The van der Waals surface area contributed by atoms with E-state index in [2.05, 4.69) is 142 Å². The lowest BCUT2D eigenvalue weighted by atomic mass is 10.1. The summed E-state index contributed by atoms with van der Waals surface area (Å²) in [6.07, 6.45) is 73.2. The smallest absolute Gasteiger partial charge is 0.306 e. The molecule has 1 unspecified atom stereocenters. The number of unbranched alkanes of at least 4 members (excludes halogenated alkanes) is 15. The zero-order valence-corrected chi connectivity index (χ0v) is 42.4. The Kier molecular flexibility index (Phi) is 50.0. The molecule has 6 heteroatoms. The molecular weight excluding hydrogens is 817 g/mol. The van der Waals surface area contributed by atoms with Gasteiger partial charge in [0, 0.05) is 19.3 Å². The molecular formula is C60H96O6. The Labute approximate surface area is 405 Å². The van der Waals surface area contributed by atoms with Crippen molar-refractivity contribution in [2.75, 3.05) is 13.2 Å². The van der Waals surface area contributed by atoms with Gasteiger partial charge in [0.15, 0.2) is 6.10 Å². The Balaban J connectivity index is 4.51. The summed E-state index contributed by atoms with van der Waals surface area (Å²) >= 11 is 0. The lowest BCUT2D eigenvalue weighted by Gasteiger charge is -2.18. The van der Waals surface area contributed by atoms with Crippen molar-refractivity contribution in [3.63, 3.8) is 0 Å². The fourth-order valence-electron chi connectivity index (χ4n) is 6.73. The van der Waals surface area contributed by atoms with Gasteiger partial charge in [-0.3, -0.25) is 14.4 Å². The summed E-state index contributed by atoms with van der Waals surface area (Å²) in [4.78, 5) is 38.0. The topological polar surface area (TPSA) is 78.9 Å². The highest BCUT2D eigenvalue weighted by Crippen LogP contribution is 2.13. The third kappa shape index (κ3) is 50.8. The van der Waals surface area contributed by atoms with Crippen LogP contribution < -0.4 is 0 Å². The van der Waals surface area contributed by atoms with Gasteiger partial charge < -0.3 is 14.2 Å². The van der Waals surface area contributed by atoms with Crippen LogP contribution in [0.25, 0.3) is 0 Å². The second-order valence-electron chi connectivity index (χ2n) is 17.0. The lowest BCUT2D eigenvalue weighted by molar-refractivity contribution is -0.167. The average Bonchev–Trinajstić information content (AvgIpc) is 3.31. The molecule has 0 aliphatic carbocycles. The highest BCUT2D eigenvalue weighted by molar-refractivity contribution is 5.71. The fraction of sp³-hybridized carbons (Fsp3) is 0.617. The summed E-state index contributed by atoms with van der Waals surface area (Å²) in [6.45, 7) is 6.30. The van der Waals surface area contributed by atoms with Gasteiger partial charge in [0.05, 0.1) is 0 Å². The maximum Gasteiger partial charge on any atom is 0.306 e. The summed E-state index contributed by atoms with van der Waals surface area (Å²) in [7, 11) is 0. The van der Waals surface area contributed by atoms with E-state index in [1.54, 1.807) is 0 Å². The third-order valence-corrected chi connectivity index (χ3v) is 10.7. The molecule has 0 aliphatic heterocycles. The van der Waals surface area contributed by atoms with E-state index in [9.17, 15) is 14.4 Å². The SMILES string of the molecule is CC/C=C\C/C=C\C/C=C\C/C=C\C/C=C\CCCCCC(=O)OCC(COC(=O)CCCCCCC/C=C\C/C=C\CCCC)OC(=O)CCCCCCC/C=C\C/C=C\C/C=C\CC. The monoisotopic (exact) mass is 913 g/mol. The molecule has 0 N–H and O–H groups in total. The molecule has 0 rings (SSSR count). The van der Waals surface area contributed by atoms with Gasteiger partial charge >= 0.3 is 17.9 Å². The largest absolute Gasteiger partial charge is 0.462 e. The molecule has 0 aromatic rings. The number of hydrogen-bond acceptors (Lipinski definition) is 6. The van der Waals surface area contributed by atoms with Crippen LogP contribution in [0.1, 0.15) is 220 Å². The number of carbonyl (C=O) groups excluding carboxylic acids is 3. The minimum absolute atomic E-state index is 0.107. The summed E-state index contributed by atoms with van der Waals surface area (Å²) in [5, 5.41) is 0. The van der Waals surface area contributed by atoms with Gasteiger partial charge in [0.1, 0.15) is 13.2 Å². The maximum absolute atomic E-state index is 12.8. The van der Waals surface area contributed by atoms with E-state index >= 15 is 0 Å². The Morgan fingerprint density at radius 1 is 0.318 bits per heavy atom. The number of hydrogen-bond donors (Lipinski definition) is 0. The van der Waals surface area contributed by atoms with Gasteiger partial charge in [0.2, 0.25) is 0 Å². The van der Waals surface area contributed by atoms with Gasteiger partial charge in [-0.2, -0.15) is 0 Å². The molecule has 0 aromatic carbocycles. The Hall–Kier alpha value is -4.19. The van der Waals surface area contributed by atoms with Gasteiger partial charge in [-0.05, 0) is 122 Å². The molecule has 0 spiro atoms. The second kappa shape index (κ2) is 53.4. The van der Waals surface area contributed by atoms with Gasteiger partial charge in [-0.25, -0.2) is 0 Å². The highest BCUT2D eigenvalue weighted by Gasteiger charge is 2.19. The molecule has 0 saturated heterocycles. The third-order valence-electron chi connectivity index (χ3n) is 10.7. The first-order chi connectivity index (χ1) is 32.5. The zero-order valence-electron chi connectivity index (χ0n) is 42.4. The number of esters is 3. The van der Waals surface area contributed by atoms with Crippen molar-refractivity contribution < 1.29 is 28.6 Å². The van der Waals surface area contributed by atoms with Crippen molar-refractivity contribution >= 4 is 17.9 Å². The van der Waals surface area contributed by atoms with Gasteiger partial charge in [-0.1, -0.05) is 200 Å². The minimum Gasteiger partial charge on any atom is -0.462 e. The first-order valence-corrected chi connectivity index (χ1v) is 26.5. The van der Waals surface area contributed by atoms with E-state index < -0.39 is 6.10 Å². The quantitative estimate of drug-likeness (QED) is 0.0262. The Morgan fingerprint density at radius 2 is 0.591 bits per heavy atom. The van der Waals surface area contributed by atoms with Crippen LogP contribution in [0.3, 0.4) is 0 Å². The van der Waals surface area contributed by atoms with E-state index in [0.29, 0.717) is 19.3 Å². The van der Waals surface area contributed by atoms with E-state index in [0.717, 1.165) is 161 Å². The first-order valence-electron chi connectivity index (χ1n) is 26.5. The van der Waals surface area contributed by atoms with Gasteiger partial charge in [0.25, 0.3) is 0 Å². The Morgan fingerprint density at radius 3 is 0.939 bits per heavy atom. The predicted octanol–water partition coefficient (Wildman–Crippen LogP) is 17.7. The van der Waals surface area contributed by atoms with Crippen LogP contribution in [0.15, 0.2) is 122 Å². The number of ether oxygens (including phenoxy) is 3. The fourth-order valence-corrected chi connectivity index (χ4v) is 6.73. The van der Waals surface area contributed by atoms with Crippen LogP contribution in [-0.2, 0) is 28.6 Å². The van der Waals surface area contributed by atoms with Crippen LogP contribution in [0.4, 0.5) is 0 Å². The molecule has 0 heterocycles. The van der Waals surface area contributed by atoms with Crippen LogP contribution in [0, 0.1) is 0 Å². The van der Waals surface area contributed by atoms with Crippen LogP contribution >= 0.6 is 0 Å². The van der Waals surface area contributed by atoms with E-state index in [1.165, 1.54) is 19.3 Å². The summed E-state index contributed by atoms with van der Waals surface area (Å²) in [5.74, 6) is -0.976. The van der Waals surface area contributed by atoms with E-state index in [-0.39, 0.29) is 31.1 Å². The van der Waals surface area contributed by atoms with Crippen LogP contribution in [0.2, 0.25) is 0 Å². The first kappa shape index (κ1) is 61.8. The number of rotatable bonds is 46. The highest BCUT2D eigenvalue weighted by atomic mass is 16.6. The normalized spacial score (nSPS) is 13.1. The molecule has 0 aromatic heterocycles. The molecule has 0 saturated carbocycles. The van der Waals surface area contributed by atoms with Crippen molar-refractivity contribution in [1.29, 1.82) is 0 Å². The van der Waals surface area contributed by atoms with Crippen molar-refractivity contribution in [3.05, 3.63) is 122 Å². The Bertz CT molecular complexity index is 1420. The molecule has 0 fully saturated rings. The zero-order chi connectivity index (χ0) is 47.9. The summed E-state index contributed by atoms with van der Waals surface area (Å²) < 4.78 is 16.8. The molecule has 0 aliphatic rings. The van der Waals surface area contributed by atoms with Crippen molar-refractivity contribution in [3.8, 4) is 0 Å². The minimum atomic E-state index is -0.810. The molecule has 6 nitrogen and oxygen atoms in total. The molecule has 0 amide bonds. The van der Waals surface area contributed by atoms with E-state index in [4.69, 9.17) is 14.2 Å². The second-order valence-corrected chi connectivity index (χ2v) is 17.0. The summed E-state index contributed by atoms with van der Waals surface area (Å²) in [6, 6.07) is 0. The molecule has 66 heavy (non-hydrogen) atoms. The molecule has 0 radical (unpaired) electrons. The van der Waals surface area contributed by atoms with E-state index in [1.807, 2.05) is 0 Å². The number of allylic oxidation sites excluding steroid dienone is 20. The molecule has 372 valence electrons. The molecule has 0 bridgehead atoms. The van der Waals surface area contributed by atoms with Crippen LogP contribution in [-0.4, -0.2) is 37.2 Å². The van der Waals surface area contributed by atoms with Crippen LogP contribution in [0.5, 0.6) is 0 Å². The molecule has 1 atom stereocenters. The van der Waals surface area contributed by atoms with Crippen molar-refractivity contribution in [2.45, 2.75) is 226 Å². The van der Waals surface area contributed by atoms with Gasteiger partial charge in [-0.15, -0.1) is 0 Å². The maximum atomic E-state index is 12.8. The predicted molar refractivity (Wildman–Crippen MR) is 283 cm³/mol. The number of carbonyl (C=O) groups is 3.